The molecular weight excluding hydrogens is 576 g/mol. The summed E-state index contributed by atoms with van der Waals surface area (Å²) >= 11 is 0. The minimum absolute atomic E-state index is 0.243. The summed E-state index contributed by atoms with van der Waals surface area (Å²) in [6.45, 7) is 5.54. The van der Waals surface area contributed by atoms with Gasteiger partial charge in [0.25, 0.3) is 11.8 Å². The molecule has 0 unspecified atom stereocenters. The molecule has 0 aliphatic carbocycles. The number of carbonyl (C=O) groups is 2. The van der Waals surface area contributed by atoms with E-state index in [1.807, 2.05) is 111 Å². The zero-order valence-electron chi connectivity index (χ0n) is 25.7. The second-order valence-corrected chi connectivity index (χ2v) is 10.6. The highest BCUT2D eigenvalue weighted by molar-refractivity contribution is 6.08. The second kappa shape index (κ2) is 13.9. The average Bonchev–Trinajstić information content (AvgIpc) is 3.10. The summed E-state index contributed by atoms with van der Waals surface area (Å²) in [6.07, 6.45) is 0. The van der Waals surface area contributed by atoms with Gasteiger partial charge in [-0.15, -0.1) is 0 Å². The van der Waals surface area contributed by atoms with Crippen LogP contribution in [0.4, 0.5) is 0 Å². The van der Waals surface area contributed by atoms with Crippen molar-refractivity contribution in [2.24, 2.45) is 0 Å². The Kier molecular flexibility index (Phi) is 9.15. The fourth-order valence-corrected chi connectivity index (χ4v) is 5.34. The third kappa shape index (κ3) is 6.66. The molecule has 2 N–H and O–H groups in total. The van der Waals surface area contributed by atoms with Crippen molar-refractivity contribution in [2.45, 2.75) is 13.8 Å². The Morgan fingerprint density at radius 1 is 0.565 bits per heavy atom. The van der Waals surface area contributed by atoms with E-state index in [1.165, 1.54) is 0 Å². The lowest BCUT2D eigenvalue weighted by molar-refractivity contribution is 0.0929. The molecule has 6 aromatic rings. The minimum atomic E-state index is -0.243. The maximum Gasteiger partial charge on any atom is 0.252 e. The normalized spacial score (nSPS) is 10.9. The summed E-state index contributed by atoms with van der Waals surface area (Å²) in [6, 6.07) is 34.1. The van der Waals surface area contributed by atoms with E-state index in [9.17, 15) is 9.59 Å². The topological polar surface area (TPSA) is 102 Å². The van der Waals surface area contributed by atoms with E-state index in [-0.39, 0.29) is 24.9 Å². The van der Waals surface area contributed by atoms with E-state index < -0.39 is 0 Å². The van der Waals surface area contributed by atoms with Gasteiger partial charge < -0.3 is 20.1 Å². The Bertz CT molecular complexity index is 1860. The Hall–Kier alpha value is -5.76. The van der Waals surface area contributed by atoms with Gasteiger partial charge in [0.1, 0.15) is 11.5 Å². The zero-order valence-corrected chi connectivity index (χ0v) is 25.7. The van der Waals surface area contributed by atoms with Gasteiger partial charge in [-0.05, 0) is 86.6 Å². The molecule has 0 bridgehead atoms. The number of hydrogen-bond acceptors (Lipinski definition) is 6. The molecule has 0 saturated heterocycles. The fourth-order valence-electron chi connectivity index (χ4n) is 5.34. The number of nitrogens with one attached hydrogen (secondary N) is 2. The lowest BCUT2D eigenvalue weighted by Gasteiger charge is -2.13. The van der Waals surface area contributed by atoms with Crippen LogP contribution in [0.15, 0.2) is 109 Å². The molecule has 2 amide bonds. The third-order valence-corrected chi connectivity index (χ3v) is 7.54. The van der Waals surface area contributed by atoms with E-state index in [0.29, 0.717) is 35.7 Å². The molecule has 0 saturated carbocycles. The van der Waals surface area contributed by atoms with Crippen molar-refractivity contribution in [2.75, 3.05) is 26.3 Å². The molecule has 4 aromatic carbocycles. The van der Waals surface area contributed by atoms with Crippen LogP contribution in [0.25, 0.3) is 44.3 Å². The van der Waals surface area contributed by atoms with E-state index in [1.54, 1.807) is 12.1 Å². The first-order chi connectivity index (χ1) is 22.5. The summed E-state index contributed by atoms with van der Waals surface area (Å²) in [4.78, 5) is 36.5. The molecule has 2 aromatic heterocycles. The van der Waals surface area contributed by atoms with Crippen LogP contribution in [0.5, 0.6) is 11.5 Å². The van der Waals surface area contributed by atoms with E-state index in [0.717, 1.165) is 44.4 Å². The Labute approximate surface area is 267 Å². The molecule has 0 radical (unpaired) electrons. The maximum absolute atomic E-state index is 13.4. The molecule has 46 heavy (non-hydrogen) atoms. The quantitative estimate of drug-likeness (QED) is 0.152. The van der Waals surface area contributed by atoms with Crippen molar-refractivity contribution in [1.29, 1.82) is 0 Å². The van der Waals surface area contributed by atoms with Crippen molar-refractivity contribution >= 4 is 33.6 Å². The summed E-state index contributed by atoms with van der Waals surface area (Å²) in [7, 11) is 0. The van der Waals surface area contributed by atoms with E-state index in [2.05, 4.69) is 10.6 Å². The van der Waals surface area contributed by atoms with Crippen molar-refractivity contribution in [1.82, 2.24) is 20.6 Å². The third-order valence-electron chi connectivity index (χ3n) is 7.54. The van der Waals surface area contributed by atoms with Gasteiger partial charge in [-0.2, -0.15) is 0 Å². The Morgan fingerprint density at radius 3 is 1.35 bits per heavy atom. The molecule has 0 spiro atoms. The highest BCUT2D eigenvalue weighted by atomic mass is 16.5. The number of benzene rings is 4. The first kappa shape index (κ1) is 30.3. The van der Waals surface area contributed by atoms with Gasteiger partial charge in [0, 0.05) is 35.0 Å². The number of pyridine rings is 2. The lowest BCUT2D eigenvalue weighted by Crippen LogP contribution is -2.35. The Balaban J connectivity index is 1.17. The van der Waals surface area contributed by atoms with Gasteiger partial charge in [-0.1, -0.05) is 36.4 Å². The van der Waals surface area contributed by atoms with Crippen LogP contribution in [0.3, 0.4) is 0 Å². The molecule has 2 heterocycles. The van der Waals surface area contributed by atoms with Crippen molar-refractivity contribution in [3.05, 3.63) is 120 Å². The van der Waals surface area contributed by atoms with Crippen LogP contribution >= 0.6 is 0 Å². The van der Waals surface area contributed by atoms with Crippen LogP contribution in [0.1, 0.15) is 34.6 Å². The number of rotatable bonds is 11. The maximum atomic E-state index is 13.4. The van der Waals surface area contributed by atoms with Crippen molar-refractivity contribution in [3.63, 3.8) is 0 Å². The summed E-state index contributed by atoms with van der Waals surface area (Å²) in [5.74, 6) is 1.07. The number of amides is 2. The fraction of sp³-hybridized carbons (Fsp3) is 0.158. The number of aromatic nitrogens is 2. The predicted molar refractivity (Wildman–Crippen MR) is 181 cm³/mol. The molecule has 230 valence electrons. The van der Waals surface area contributed by atoms with Crippen LogP contribution in [-0.2, 0) is 0 Å². The van der Waals surface area contributed by atoms with Crippen LogP contribution in [0, 0.1) is 0 Å². The van der Waals surface area contributed by atoms with Crippen LogP contribution in [0.2, 0.25) is 0 Å². The van der Waals surface area contributed by atoms with Crippen molar-refractivity contribution in [3.8, 4) is 34.0 Å². The molecule has 0 atom stereocenters. The lowest BCUT2D eigenvalue weighted by atomic mass is 10.0. The molecule has 0 fully saturated rings. The van der Waals surface area contributed by atoms with Crippen LogP contribution in [-0.4, -0.2) is 48.1 Å². The summed E-state index contributed by atoms with van der Waals surface area (Å²) < 4.78 is 11.1. The number of ether oxygens (including phenoxy) is 2. The highest BCUT2D eigenvalue weighted by Gasteiger charge is 2.16. The molecule has 0 aliphatic rings. The molecule has 0 aliphatic heterocycles. The number of nitrogens with zero attached hydrogens (tertiary/aromatic N) is 2. The standard InChI is InChI=1S/C38H34N4O4/c1-3-45-27-17-13-25(14-18-27)35-23-31(29-9-5-7-11-33(29)41-35)37(43)39-21-22-40-38(44)32-24-36(42-34-12-8-6-10-30(32)34)26-15-19-28(20-16-26)46-4-2/h5-20,23-24H,3-4,21-22H2,1-2H3,(H,39,43)(H,40,44). The zero-order chi connectivity index (χ0) is 31.9. The minimum Gasteiger partial charge on any atom is -0.494 e. The van der Waals surface area contributed by atoms with E-state index in [4.69, 9.17) is 19.4 Å². The Morgan fingerprint density at radius 2 is 0.957 bits per heavy atom. The number of fused-ring (bicyclic) bond motifs is 2. The smallest absolute Gasteiger partial charge is 0.252 e. The predicted octanol–water partition coefficient (Wildman–Crippen LogP) is 7.07. The largest absolute Gasteiger partial charge is 0.494 e. The van der Waals surface area contributed by atoms with Gasteiger partial charge in [-0.25, -0.2) is 9.97 Å². The number of carbonyl (C=O) groups excluding carboxylic acids is 2. The van der Waals surface area contributed by atoms with Crippen LogP contribution < -0.4 is 20.1 Å². The molecular formula is C38H34N4O4. The average molecular weight is 611 g/mol. The monoisotopic (exact) mass is 610 g/mol. The summed E-state index contributed by atoms with van der Waals surface area (Å²) in [5, 5.41) is 7.44. The van der Waals surface area contributed by atoms with Crippen molar-refractivity contribution < 1.29 is 19.1 Å². The second-order valence-electron chi connectivity index (χ2n) is 10.6. The van der Waals surface area contributed by atoms with Gasteiger partial charge >= 0.3 is 0 Å². The van der Waals surface area contributed by atoms with Gasteiger partial charge in [0.2, 0.25) is 0 Å². The SMILES string of the molecule is CCOc1ccc(-c2cc(C(=O)NCCNC(=O)c3cc(-c4ccc(OCC)cc4)nc4ccccc34)c3ccccc3n2)cc1. The highest BCUT2D eigenvalue weighted by Crippen LogP contribution is 2.28. The number of para-hydroxylation sites is 2. The van der Waals surface area contributed by atoms with Gasteiger partial charge in [0.05, 0.1) is 46.8 Å². The molecule has 8 heteroatoms. The number of hydrogen-bond donors (Lipinski definition) is 2. The van der Waals surface area contributed by atoms with E-state index >= 15 is 0 Å². The first-order valence-corrected chi connectivity index (χ1v) is 15.4. The summed E-state index contributed by atoms with van der Waals surface area (Å²) in [5.41, 5.74) is 5.61. The van der Waals surface area contributed by atoms with Gasteiger partial charge in [-0.3, -0.25) is 9.59 Å². The van der Waals surface area contributed by atoms with Gasteiger partial charge in [0.15, 0.2) is 0 Å². The molecule has 8 nitrogen and oxygen atoms in total. The first-order valence-electron chi connectivity index (χ1n) is 15.4. The molecule has 6 rings (SSSR count).